The lowest BCUT2D eigenvalue weighted by Crippen LogP contribution is -2.18. The number of benzene rings is 1. The molecule has 3 nitrogen and oxygen atoms in total. The number of nitrogens with zero attached hydrogens (tertiary/aromatic N) is 1. The molecule has 14 heavy (non-hydrogen) atoms. The molecule has 0 aliphatic carbocycles. The van der Waals surface area contributed by atoms with Gasteiger partial charge in [0.05, 0.1) is 18.6 Å². The van der Waals surface area contributed by atoms with E-state index in [-0.39, 0.29) is 6.42 Å². The van der Waals surface area contributed by atoms with Gasteiger partial charge >= 0.3 is 0 Å². The summed E-state index contributed by atoms with van der Waals surface area (Å²) in [6.07, 6.45) is -0.507. The maximum absolute atomic E-state index is 9.26. The number of anilines is 1. The van der Waals surface area contributed by atoms with Crippen molar-refractivity contribution in [1.29, 1.82) is 5.26 Å². The van der Waals surface area contributed by atoms with E-state index in [1.807, 2.05) is 18.2 Å². The lowest BCUT2D eigenvalue weighted by Gasteiger charge is -2.09. The second kappa shape index (κ2) is 5.48. The normalized spacial score (nSPS) is 11.8. The monoisotopic (exact) mass is 210 g/mol. The summed E-state index contributed by atoms with van der Waals surface area (Å²) in [5.74, 6) is 0. The van der Waals surface area contributed by atoms with Gasteiger partial charge in [0.25, 0.3) is 0 Å². The van der Waals surface area contributed by atoms with Gasteiger partial charge in [0.15, 0.2) is 0 Å². The summed E-state index contributed by atoms with van der Waals surface area (Å²) in [6.45, 7) is 0.355. The van der Waals surface area contributed by atoms with Crippen LogP contribution in [0.25, 0.3) is 0 Å². The minimum atomic E-state index is -0.640. The highest BCUT2D eigenvalue weighted by Gasteiger charge is 2.02. The van der Waals surface area contributed by atoms with Crippen molar-refractivity contribution in [3.05, 3.63) is 29.3 Å². The largest absolute Gasteiger partial charge is 0.390 e. The number of aliphatic hydroxyl groups excluding tert-OH is 1. The Morgan fingerprint density at radius 3 is 3.00 bits per heavy atom. The summed E-state index contributed by atoms with van der Waals surface area (Å²) < 4.78 is 0. The molecule has 1 unspecified atom stereocenters. The van der Waals surface area contributed by atoms with Crippen molar-refractivity contribution in [1.82, 2.24) is 0 Å². The smallest absolute Gasteiger partial charge is 0.0842 e. The topological polar surface area (TPSA) is 56.0 Å². The molecule has 0 saturated carbocycles. The number of nitriles is 1. The molecule has 1 rings (SSSR count). The van der Waals surface area contributed by atoms with E-state index in [2.05, 4.69) is 5.32 Å². The zero-order valence-electron chi connectivity index (χ0n) is 7.57. The molecule has 2 N–H and O–H groups in total. The predicted molar refractivity (Wildman–Crippen MR) is 56.2 cm³/mol. The zero-order valence-corrected chi connectivity index (χ0v) is 8.33. The first-order valence-corrected chi connectivity index (χ1v) is 4.64. The Labute approximate surface area is 87.9 Å². The highest BCUT2D eigenvalue weighted by Crippen LogP contribution is 2.14. The molecule has 0 fully saturated rings. The van der Waals surface area contributed by atoms with Crippen molar-refractivity contribution in [2.45, 2.75) is 12.5 Å². The van der Waals surface area contributed by atoms with E-state index in [0.717, 1.165) is 5.69 Å². The molecule has 1 aromatic carbocycles. The second-order valence-electron chi connectivity index (χ2n) is 2.91. The van der Waals surface area contributed by atoms with Crippen LogP contribution in [0.15, 0.2) is 24.3 Å². The first kappa shape index (κ1) is 10.8. The Balaban J connectivity index is 2.42. The lowest BCUT2D eigenvalue weighted by atomic mass is 10.2. The highest BCUT2D eigenvalue weighted by molar-refractivity contribution is 6.30. The van der Waals surface area contributed by atoms with E-state index in [4.69, 9.17) is 16.9 Å². The summed E-state index contributed by atoms with van der Waals surface area (Å²) in [6, 6.07) is 9.11. The van der Waals surface area contributed by atoms with Gasteiger partial charge in [-0.05, 0) is 18.2 Å². The number of rotatable bonds is 4. The van der Waals surface area contributed by atoms with Crippen LogP contribution in [0.3, 0.4) is 0 Å². The fraction of sp³-hybridized carbons (Fsp3) is 0.300. The van der Waals surface area contributed by atoms with Crippen molar-refractivity contribution in [2.75, 3.05) is 11.9 Å². The number of hydrogen-bond acceptors (Lipinski definition) is 3. The van der Waals surface area contributed by atoms with Crippen LogP contribution in [0, 0.1) is 11.3 Å². The Morgan fingerprint density at radius 1 is 1.57 bits per heavy atom. The molecular weight excluding hydrogens is 200 g/mol. The summed E-state index contributed by atoms with van der Waals surface area (Å²) in [5.41, 5.74) is 0.842. The molecule has 74 valence electrons. The maximum Gasteiger partial charge on any atom is 0.0842 e. The number of nitrogens with one attached hydrogen (secondary N) is 1. The zero-order chi connectivity index (χ0) is 10.4. The minimum absolute atomic E-state index is 0.133. The van der Waals surface area contributed by atoms with Crippen LogP contribution in [0.4, 0.5) is 5.69 Å². The molecule has 0 radical (unpaired) electrons. The van der Waals surface area contributed by atoms with E-state index in [1.54, 1.807) is 12.1 Å². The van der Waals surface area contributed by atoms with Crippen LogP contribution < -0.4 is 5.32 Å². The Kier molecular flexibility index (Phi) is 4.24. The van der Waals surface area contributed by atoms with Crippen LogP contribution in [0.1, 0.15) is 6.42 Å². The molecule has 0 aromatic heterocycles. The number of aliphatic hydroxyl groups is 1. The minimum Gasteiger partial charge on any atom is -0.390 e. The van der Waals surface area contributed by atoms with E-state index < -0.39 is 6.10 Å². The standard InChI is InChI=1S/C10H11ClN2O/c11-8-2-1-3-9(6-8)13-7-10(14)4-5-12/h1-3,6,10,13-14H,4,7H2. The molecule has 1 atom stereocenters. The van der Waals surface area contributed by atoms with Gasteiger partial charge in [-0.25, -0.2) is 0 Å². The Hall–Kier alpha value is -1.24. The SMILES string of the molecule is N#CCC(O)CNc1cccc(Cl)c1. The maximum atomic E-state index is 9.26. The van der Waals surface area contributed by atoms with Gasteiger partial charge in [-0.1, -0.05) is 17.7 Å². The fourth-order valence-corrected chi connectivity index (χ4v) is 1.20. The predicted octanol–water partition coefficient (Wildman–Crippen LogP) is 2.03. The summed E-state index contributed by atoms with van der Waals surface area (Å²) in [5, 5.41) is 21.2. The first-order valence-electron chi connectivity index (χ1n) is 4.27. The summed E-state index contributed by atoms with van der Waals surface area (Å²) >= 11 is 5.77. The molecular formula is C10H11ClN2O. The van der Waals surface area contributed by atoms with Gasteiger partial charge < -0.3 is 10.4 Å². The van der Waals surface area contributed by atoms with Crippen LogP contribution in [-0.2, 0) is 0 Å². The van der Waals surface area contributed by atoms with E-state index in [9.17, 15) is 5.11 Å². The Morgan fingerprint density at radius 2 is 2.36 bits per heavy atom. The third-order valence-corrected chi connectivity index (χ3v) is 1.93. The summed E-state index contributed by atoms with van der Waals surface area (Å²) in [7, 11) is 0. The van der Waals surface area contributed by atoms with Gasteiger partial charge in [-0.15, -0.1) is 0 Å². The van der Waals surface area contributed by atoms with Crippen molar-refractivity contribution in [3.8, 4) is 6.07 Å². The highest BCUT2D eigenvalue weighted by atomic mass is 35.5. The lowest BCUT2D eigenvalue weighted by molar-refractivity contribution is 0.193. The van der Waals surface area contributed by atoms with Gasteiger partial charge in [0, 0.05) is 17.3 Å². The molecule has 1 aromatic rings. The van der Waals surface area contributed by atoms with Gasteiger partial charge in [-0.2, -0.15) is 5.26 Å². The number of halogens is 1. The third-order valence-electron chi connectivity index (χ3n) is 1.69. The molecule has 0 amide bonds. The van der Waals surface area contributed by atoms with Crippen LogP contribution >= 0.6 is 11.6 Å². The van der Waals surface area contributed by atoms with E-state index >= 15 is 0 Å². The molecule has 0 bridgehead atoms. The average Bonchev–Trinajstić information content (AvgIpc) is 2.15. The van der Waals surface area contributed by atoms with Crippen LogP contribution in [0.5, 0.6) is 0 Å². The van der Waals surface area contributed by atoms with Crippen LogP contribution in [-0.4, -0.2) is 17.8 Å². The average molecular weight is 211 g/mol. The van der Waals surface area contributed by atoms with Gasteiger partial charge in [-0.3, -0.25) is 0 Å². The van der Waals surface area contributed by atoms with E-state index in [1.165, 1.54) is 0 Å². The first-order chi connectivity index (χ1) is 6.72. The van der Waals surface area contributed by atoms with Crippen molar-refractivity contribution in [2.24, 2.45) is 0 Å². The molecule has 0 saturated heterocycles. The molecule has 0 heterocycles. The molecule has 4 heteroatoms. The molecule has 0 aliphatic heterocycles. The third kappa shape index (κ3) is 3.65. The van der Waals surface area contributed by atoms with Gasteiger partial charge in [0.2, 0.25) is 0 Å². The van der Waals surface area contributed by atoms with Crippen molar-refractivity contribution < 1.29 is 5.11 Å². The van der Waals surface area contributed by atoms with Gasteiger partial charge in [0.1, 0.15) is 0 Å². The van der Waals surface area contributed by atoms with Crippen molar-refractivity contribution >= 4 is 17.3 Å². The van der Waals surface area contributed by atoms with Crippen molar-refractivity contribution in [3.63, 3.8) is 0 Å². The van der Waals surface area contributed by atoms with Crippen LogP contribution in [0.2, 0.25) is 5.02 Å². The fourth-order valence-electron chi connectivity index (χ4n) is 1.01. The van der Waals surface area contributed by atoms with E-state index in [0.29, 0.717) is 11.6 Å². The second-order valence-corrected chi connectivity index (χ2v) is 3.34. The molecule has 0 spiro atoms. The molecule has 0 aliphatic rings. The summed E-state index contributed by atoms with van der Waals surface area (Å²) in [4.78, 5) is 0. The quantitative estimate of drug-likeness (QED) is 0.800. The Bertz CT molecular complexity index is 335. The number of hydrogen-bond donors (Lipinski definition) is 2.